The van der Waals surface area contributed by atoms with Crippen LogP contribution >= 0.6 is 0 Å². The molecule has 0 radical (unpaired) electrons. The molecule has 0 spiro atoms. The maximum atomic E-state index is 13.5. The molecule has 0 aliphatic heterocycles. The molecule has 0 saturated carbocycles. The van der Waals surface area contributed by atoms with Crippen LogP contribution in [0.1, 0.15) is 23.6 Å². The molecule has 0 unspecified atom stereocenters. The molecule has 0 N–H and O–H groups in total. The Balaban J connectivity index is 2.11. The van der Waals surface area contributed by atoms with Crippen LogP contribution in [0.3, 0.4) is 0 Å². The second kappa shape index (κ2) is 5.76. The Labute approximate surface area is 128 Å². The SMILES string of the molecule is CCc1ccc(Cn2c(=O)cc(C)c3cc(F)ccc32)cc1. The van der Waals surface area contributed by atoms with Gasteiger partial charge < -0.3 is 4.57 Å². The van der Waals surface area contributed by atoms with Gasteiger partial charge in [-0.05, 0) is 48.2 Å². The summed E-state index contributed by atoms with van der Waals surface area (Å²) in [4.78, 5) is 12.3. The topological polar surface area (TPSA) is 22.0 Å². The molecule has 3 rings (SSSR count). The molecule has 0 fully saturated rings. The van der Waals surface area contributed by atoms with Gasteiger partial charge in [0.25, 0.3) is 5.56 Å². The molecule has 0 atom stereocenters. The van der Waals surface area contributed by atoms with Gasteiger partial charge in [0.2, 0.25) is 0 Å². The normalized spacial score (nSPS) is 11.0. The van der Waals surface area contributed by atoms with Crippen LogP contribution in [0.5, 0.6) is 0 Å². The van der Waals surface area contributed by atoms with Crippen LogP contribution in [0.4, 0.5) is 4.39 Å². The van der Waals surface area contributed by atoms with Crippen LogP contribution in [0.2, 0.25) is 0 Å². The van der Waals surface area contributed by atoms with E-state index in [4.69, 9.17) is 0 Å². The van der Waals surface area contributed by atoms with Gasteiger partial charge in [0.15, 0.2) is 0 Å². The van der Waals surface area contributed by atoms with Crippen molar-refractivity contribution in [2.45, 2.75) is 26.8 Å². The predicted octanol–water partition coefficient (Wildman–Crippen LogP) is 4.06. The number of benzene rings is 2. The molecule has 0 saturated heterocycles. The van der Waals surface area contributed by atoms with E-state index in [0.717, 1.165) is 28.5 Å². The highest BCUT2D eigenvalue weighted by Crippen LogP contribution is 2.19. The zero-order chi connectivity index (χ0) is 15.7. The van der Waals surface area contributed by atoms with E-state index < -0.39 is 0 Å². The Morgan fingerprint density at radius 2 is 1.68 bits per heavy atom. The Hall–Kier alpha value is -2.42. The number of aromatic nitrogens is 1. The van der Waals surface area contributed by atoms with Gasteiger partial charge in [-0.25, -0.2) is 4.39 Å². The largest absolute Gasteiger partial charge is 0.304 e. The second-order valence-corrected chi connectivity index (χ2v) is 5.58. The van der Waals surface area contributed by atoms with E-state index in [1.807, 2.05) is 19.1 Å². The first-order chi connectivity index (χ1) is 10.6. The van der Waals surface area contributed by atoms with E-state index in [1.165, 1.54) is 17.7 Å². The maximum Gasteiger partial charge on any atom is 0.251 e. The Morgan fingerprint density at radius 1 is 1.00 bits per heavy atom. The molecule has 3 heteroatoms. The lowest BCUT2D eigenvalue weighted by Gasteiger charge is -2.12. The van der Waals surface area contributed by atoms with Gasteiger partial charge in [-0.3, -0.25) is 4.79 Å². The van der Waals surface area contributed by atoms with Crippen molar-refractivity contribution in [2.75, 3.05) is 0 Å². The third-order valence-electron chi connectivity index (χ3n) is 4.05. The summed E-state index contributed by atoms with van der Waals surface area (Å²) >= 11 is 0. The van der Waals surface area contributed by atoms with E-state index in [9.17, 15) is 9.18 Å². The number of halogens is 1. The minimum Gasteiger partial charge on any atom is -0.304 e. The third-order valence-corrected chi connectivity index (χ3v) is 4.05. The summed E-state index contributed by atoms with van der Waals surface area (Å²) in [7, 11) is 0. The van der Waals surface area contributed by atoms with Gasteiger partial charge in [-0.2, -0.15) is 0 Å². The molecule has 0 aliphatic rings. The molecule has 0 aliphatic carbocycles. The number of fused-ring (bicyclic) bond motifs is 1. The van der Waals surface area contributed by atoms with E-state index in [1.54, 1.807) is 16.7 Å². The van der Waals surface area contributed by atoms with Crippen LogP contribution < -0.4 is 5.56 Å². The molecular weight excluding hydrogens is 277 g/mol. The maximum absolute atomic E-state index is 13.5. The number of pyridine rings is 1. The Bertz CT molecular complexity index is 878. The van der Waals surface area contributed by atoms with Crippen molar-refractivity contribution in [3.05, 3.63) is 81.4 Å². The first-order valence-corrected chi connectivity index (χ1v) is 7.46. The fraction of sp³-hybridized carbons (Fsp3) is 0.211. The number of hydrogen-bond acceptors (Lipinski definition) is 1. The molecule has 22 heavy (non-hydrogen) atoms. The summed E-state index contributed by atoms with van der Waals surface area (Å²) < 4.78 is 15.2. The lowest BCUT2D eigenvalue weighted by molar-refractivity contribution is 0.629. The minimum atomic E-state index is -0.284. The second-order valence-electron chi connectivity index (χ2n) is 5.58. The average molecular weight is 295 g/mol. The average Bonchev–Trinajstić information content (AvgIpc) is 2.52. The summed E-state index contributed by atoms with van der Waals surface area (Å²) in [5, 5.41) is 0.782. The van der Waals surface area contributed by atoms with Gasteiger partial charge in [0.05, 0.1) is 12.1 Å². The predicted molar refractivity (Wildman–Crippen MR) is 87.8 cm³/mol. The van der Waals surface area contributed by atoms with Gasteiger partial charge in [-0.15, -0.1) is 0 Å². The number of hydrogen-bond donors (Lipinski definition) is 0. The molecule has 0 bridgehead atoms. The van der Waals surface area contributed by atoms with E-state index >= 15 is 0 Å². The van der Waals surface area contributed by atoms with Crippen molar-refractivity contribution in [3.63, 3.8) is 0 Å². The first-order valence-electron chi connectivity index (χ1n) is 7.46. The standard InChI is InChI=1S/C19H18FNO/c1-3-14-4-6-15(7-5-14)12-21-18-9-8-16(20)11-17(18)13(2)10-19(21)22/h4-11H,3,12H2,1-2H3. The summed E-state index contributed by atoms with van der Waals surface area (Å²) in [5.41, 5.74) is 3.85. The lowest BCUT2D eigenvalue weighted by atomic mass is 10.1. The van der Waals surface area contributed by atoms with E-state index in [2.05, 4.69) is 19.1 Å². The quantitative estimate of drug-likeness (QED) is 0.714. The summed E-state index contributed by atoms with van der Waals surface area (Å²) in [5.74, 6) is -0.284. The molecular formula is C19H18FNO. The molecule has 2 nitrogen and oxygen atoms in total. The van der Waals surface area contributed by atoms with Crippen LogP contribution in [0.25, 0.3) is 10.9 Å². The summed E-state index contributed by atoms with van der Waals surface area (Å²) in [6.45, 7) is 4.44. The summed E-state index contributed by atoms with van der Waals surface area (Å²) in [6, 6.07) is 14.4. The van der Waals surface area contributed by atoms with Crippen molar-refractivity contribution in [1.82, 2.24) is 4.57 Å². The smallest absolute Gasteiger partial charge is 0.251 e. The monoisotopic (exact) mass is 295 g/mol. The van der Waals surface area contributed by atoms with Crippen LogP contribution in [-0.4, -0.2) is 4.57 Å². The molecule has 112 valence electrons. The molecule has 2 aromatic carbocycles. The van der Waals surface area contributed by atoms with Crippen LogP contribution in [0.15, 0.2) is 53.3 Å². The van der Waals surface area contributed by atoms with E-state index in [0.29, 0.717) is 6.54 Å². The molecule has 1 aromatic heterocycles. The van der Waals surface area contributed by atoms with Gasteiger partial charge in [-0.1, -0.05) is 31.2 Å². The number of rotatable bonds is 3. The highest BCUT2D eigenvalue weighted by Gasteiger charge is 2.08. The van der Waals surface area contributed by atoms with Crippen molar-refractivity contribution in [3.8, 4) is 0 Å². The highest BCUT2D eigenvalue weighted by atomic mass is 19.1. The lowest BCUT2D eigenvalue weighted by Crippen LogP contribution is -2.21. The fourth-order valence-electron chi connectivity index (χ4n) is 2.75. The van der Waals surface area contributed by atoms with Gasteiger partial charge in [0, 0.05) is 11.5 Å². The van der Waals surface area contributed by atoms with Crippen LogP contribution in [0, 0.1) is 12.7 Å². The first kappa shape index (κ1) is 14.5. The van der Waals surface area contributed by atoms with Crippen LogP contribution in [-0.2, 0) is 13.0 Å². The van der Waals surface area contributed by atoms with Gasteiger partial charge >= 0.3 is 0 Å². The molecule has 3 aromatic rings. The zero-order valence-electron chi connectivity index (χ0n) is 12.8. The van der Waals surface area contributed by atoms with E-state index in [-0.39, 0.29) is 11.4 Å². The summed E-state index contributed by atoms with van der Waals surface area (Å²) in [6.07, 6.45) is 0.993. The molecule has 0 amide bonds. The number of aryl methyl sites for hydroxylation is 2. The zero-order valence-corrected chi connectivity index (χ0v) is 12.8. The van der Waals surface area contributed by atoms with Crippen molar-refractivity contribution in [1.29, 1.82) is 0 Å². The number of nitrogens with zero attached hydrogens (tertiary/aromatic N) is 1. The van der Waals surface area contributed by atoms with Crippen molar-refractivity contribution in [2.24, 2.45) is 0 Å². The van der Waals surface area contributed by atoms with Gasteiger partial charge in [0.1, 0.15) is 5.82 Å². The van der Waals surface area contributed by atoms with Crippen molar-refractivity contribution < 1.29 is 4.39 Å². The van der Waals surface area contributed by atoms with Crippen molar-refractivity contribution >= 4 is 10.9 Å². The Kier molecular flexibility index (Phi) is 3.80. The Morgan fingerprint density at radius 3 is 2.36 bits per heavy atom. The molecule has 1 heterocycles. The highest BCUT2D eigenvalue weighted by molar-refractivity contribution is 5.82. The fourth-order valence-corrected chi connectivity index (χ4v) is 2.75. The minimum absolute atomic E-state index is 0.0591. The third kappa shape index (κ3) is 2.67.